The number of H-pyrrole nitrogens is 1. The second-order valence-corrected chi connectivity index (χ2v) is 14.8. The molecule has 0 aliphatic carbocycles. The summed E-state index contributed by atoms with van der Waals surface area (Å²) < 4.78 is 9.58. The van der Waals surface area contributed by atoms with Gasteiger partial charge in [-0.25, -0.2) is 14.6 Å². The van der Waals surface area contributed by atoms with Crippen LogP contribution >= 0.6 is 0 Å². The third kappa shape index (κ3) is 10.1. The van der Waals surface area contributed by atoms with Crippen LogP contribution in [0.25, 0.3) is 11.3 Å². The van der Waals surface area contributed by atoms with Crippen LogP contribution in [0.5, 0.6) is 0 Å². The Morgan fingerprint density at radius 2 is 1.23 bits per heavy atom. The number of hydrogen-bond donors (Lipinski definition) is 4. The molecule has 2 saturated heterocycles. The topological polar surface area (TPSA) is 175 Å². The summed E-state index contributed by atoms with van der Waals surface area (Å²) in [7, 11) is 2.52. The Morgan fingerprint density at radius 1 is 0.705 bits per heavy atom. The quantitative estimate of drug-likeness (QED) is 0.116. The van der Waals surface area contributed by atoms with Crippen LogP contribution < -0.4 is 16.0 Å². The minimum Gasteiger partial charge on any atom is -0.453 e. The van der Waals surface area contributed by atoms with Crippen molar-refractivity contribution in [3.05, 3.63) is 149 Å². The Morgan fingerprint density at radius 3 is 1.80 bits per heavy atom. The molecule has 7 rings (SSSR count). The predicted molar refractivity (Wildman–Crippen MR) is 227 cm³/mol. The number of benzene rings is 4. The molecule has 0 unspecified atom stereocenters. The van der Waals surface area contributed by atoms with E-state index in [4.69, 9.17) is 9.47 Å². The van der Waals surface area contributed by atoms with Crippen molar-refractivity contribution in [1.29, 1.82) is 0 Å². The molecule has 1 aromatic heterocycles. The SMILES string of the molecule is COC(=O)N[C@@H](C(=O)N1CCC[C@H]1CNC(=O)c1ccc(C#Cc2ccc(-c3cnc([C@@H]4CCCN4C(=O)[C@H](NC(=O)OC)c4ccccc4)[nH]3)cc2)cc1)c1ccccc1. The second-order valence-electron chi connectivity index (χ2n) is 14.8. The maximum absolute atomic E-state index is 13.8. The zero-order chi connectivity index (χ0) is 42.7. The Bertz CT molecular complexity index is 2390. The summed E-state index contributed by atoms with van der Waals surface area (Å²) >= 11 is 0. The highest BCUT2D eigenvalue weighted by atomic mass is 16.5. The first-order valence-electron chi connectivity index (χ1n) is 20.2. The van der Waals surface area contributed by atoms with E-state index in [2.05, 4.69) is 37.8 Å². The number of likely N-dealkylation sites (tertiary alicyclic amines) is 2. The van der Waals surface area contributed by atoms with E-state index < -0.39 is 24.3 Å². The maximum Gasteiger partial charge on any atom is 0.407 e. The number of carbonyl (C=O) groups excluding carboxylic acids is 5. The van der Waals surface area contributed by atoms with E-state index in [1.54, 1.807) is 76.7 Å². The van der Waals surface area contributed by atoms with Crippen molar-refractivity contribution in [2.24, 2.45) is 0 Å². The zero-order valence-electron chi connectivity index (χ0n) is 33.9. The fourth-order valence-electron chi connectivity index (χ4n) is 7.75. The number of ether oxygens (including phenoxy) is 2. The Labute approximate surface area is 354 Å². The molecule has 0 saturated carbocycles. The summed E-state index contributed by atoms with van der Waals surface area (Å²) in [6.45, 7) is 1.32. The molecule has 3 heterocycles. The molecule has 2 aliphatic heterocycles. The summed E-state index contributed by atoms with van der Waals surface area (Å²) in [6.07, 6.45) is 3.41. The zero-order valence-corrected chi connectivity index (χ0v) is 33.9. The molecular formula is C47H47N7O7. The van der Waals surface area contributed by atoms with Gasteiger partial charge in [0.2, 0.25) is 5.91 Å². The van der Waals surface area contributed by atoms with E-state index in [0.717, 1.165) is 48.1 Å². The van der Waals surface area contributed by atoms with Gasteiger partial charge in [-0.1, -0.05) is 84.6 Å². The minimum absolute atomic E-state index is 0.223. The van der Waals surface area contributed by atoms with Crippen LogP contribution in [0.1, 0.15) is 82.2 Å². The van der Waals surface area contributed by atoms with Crippen LogP contribution in [0.2, 0.25) is 0 Å². The highest BCUT2D eigenvalue weighted by Crippen LogP contribution is 2.34. The van der Waals surface area contributed by atoms with Crippen LogP contribution in [-0.4, -0.2) is 89.6 Å². The number of hydrogen-bond acceptors (Lipinski definition) is 8. The molecule has 5 aromatic rings. The smallest absolute Gasteiger partial charge is 0.407 e. The van der Waals surface area contributed by atoms with Gasteiger partial charge in [0.1, 0.15) is 17.9 Å². The van der Waals surface area contributed by atoms with Crippen molar-refractivity contribution in [3.8, 4) is 23.1 Å². The summed E-state index contributed by atoms with van der Waals surface area (Å²) in [5.74, 6) is 6.26. The normalized spacial score (nSPS) is 16.7. The van der Waals surface area contributed by atoms with Crippen LogP contribution in [0, 0.1) is 11.8 Å². The number of alkyl carbamates (subject to hydrolysis) is 2. The van der Waals surface area contributed by atoms with Gasteiger partial charge in [-0.15, -0.1) is 0 Å². The van der Waals surface area contributed by atoms with Crippen molar-refractivity contribution in [2.75, 3.05) is 33.9 Å². The van der Waals surface area contributed by atoms with Gasteiger partial charge in [0.05, 0.1) is 32.2 Å². The molecule has 0 bridgehead atoms. The van der Waals surface area contributed by atoms with Gasteiger partial charge < -0.3 is 40.2 Å². The molecule has 0 spiro atoms. The summed E-state index contributed by atoms with van der Waals surface area (Å²) in [5, 5.41) is 8.32. The van der Waals surface area contributed by atoms with Crippen LogP contribution in [0.4, 0.5) is 9.59 Å². The van der Waals surface area contributed by atoms with E-state index in [9.17, 15) is 24.0 Å². The van der Waals surface area contributed by atoms with E-state index in [0.29, 0.717) is 35.6 Å². The minimum atomic E-state index is -0.908. The molecule has 14 nitrogen and oxygen atoms in total. The number of nitrogens with one attached hydrogen (secondary N) is 4. The molecule has 4 aromatic carbocycles. The molecule has 2 fully saturated rings. The highest BCUT2D eigenvalue weighted by molar-refractivity contribution is 5.94. The second kappa shape index (κ2) is 19.6. The fraction of sp³-hybridized carbons (Fsp3) is 0.277. The van der Waals surface area contributed by atoms with Crippen molar-refractivity contribution >= 4 is 29.9 Å². The number of aromatic amines is 1. The van der Waals surface area contributed by atoms with Gasteiger partial charge in [0.25, 0.3) is 11.8 Å². The summed E-state index contributed by atoms with van der Waals surface area (Å²) in [6, 6.07) is 30.6. The number of nitrogens with zero attached hydrogens (tertiary/aromatic N) is 3. The van der Waals surface area contributed by atoms with Gasteiger partial charge in [0.15, 0.2) is 0 Å². The van der Waals surface area contributed by atoms with E-state index in [-0.39, 0.29) is 36.3 Å². The molecule has 4 N–H and O–H groups in total. The number of amides is 5. The number of carbonyl (C=O) groups is 5. The molecule has 0 radical (unpaired) electrons. The molecule has 2 aliphatic rings. The van der Waals surface area contributed by atoms with Crippen molar-refractivity contribution in [1.82, 2.24) is 35.7 Å². The lowest BCUT2D eigenvalue weighted by Crippen LogP contribution is -2.48. The number of imidazole rings is 1. The predicted octanol–water partition coefficient (Wildman–Crippen LogP) is 6.06. The molecular weight excluding hydrogens is 775 g/mol. The van der Waals surface area contributed by atoms with Gasteiger partial charge in [-0.2, -0.15) is 0 Å². The molecule has 312 valence electrons. The average Bonchev–Trinajstić information content (AvgIpc) is 4.11. The first-order chi connectivity index (χ1) is 29.7. The Hall–Kier alpha value is -7.40. The monoisotopic (exact) mass is 821 g/mol. The van der Waals surface area contributed by atoms with Gasteiger partial charge in [0, 0.05) is 42.4 Å². The highest BCUT2D eigenvalue weighted by Gasteiger charge is 2.38. The molecule has 14 heteroatoms. The Balaban J connectivity index is 0.937. The number of rotatable bonds is 11. The third-order valence-electron chi connectivity index (χ3n) is 11.0. The van der Waals surface area contributed by atoms with E-state index >= 15 is 0 Å². The maximum atomic E-state index is 13.8. The standard InChI is InChI=1S/C47H47N7O7/c1-60-46(58)51-40(34-11-5-3-6-12-34)44(56)53-27-9-15-37(53)29-49-43(55)36-25-21-32(22-26-36)18-17-31-19-23-33(24-20-31)38-30-48-42(50-38)39-16-10-28-54(39)45(57)41(52-47(59)61-2)35-13-7-4-8-14-35/h3-8,11-14,19-26,30,37,39-41H,9-10,15-16,27-29H2,1-2H3,(H,48,50)(H,49,55)(H,51,58)(H,52,59)/t37-,39-,40+,41+/m0/s1. The van der Waals surface area contributed by atoms with Crippen molar-refractivity contribution < 1.29 is 33.4 Å². The average molecular weight is 822 g/mol. The van der Waals surface area contributed by atoms with Gasteiger partial charge in [-0.3, -0.25) is 14.4 Å². The Kier molecular flexibility index (Phi) is 13.4. The summed E-state index contributed by atoms with van der Waals surface area (Å²) in [4.78, 5) is 76.5. The first-order valence-corrected chi connectivity index (χ1v) is 20.2. The molecule has 4 atom stereocenters. The van der Waals surface area contributed by atoms with Crippen LogP contribution in [0.15, 0.2) is 115 Å². The van der Waals surface area contributed by atoms with Crippen LogP contribution in [-0.2, 0) is 19.1 Å². The van der Waals surface area contributed by atoms with E-state index in [1.807, 2.05) is 48.5 Å². The van der Waals surface area contributed by atoms with Gasteiger partial charge >= 0.3 is 12.2 Å². The molecule has 61 heavy (non-hydrogen) atoms. The van der Waals surface area contributed by atoms with Gasteiger partial charge in [-0.05, 0) is 78.8 Å². The van der Waals surface area contributed by atoms with Crippen molar-refractivity contribution in [3.63, 3.8) is 0 Å². The molecule has 5 amide bonds. The third-order valence-corrected chi connectivity index (χ3v) is 11.0. The number of aromatic nitrogens is 2. The van der Waals surface area contributed by atoms with E-state index in [1.165, 1.54) is 14.2 Å². The first kappa shape index (κ1) is 41.7. The largest absolute Gasteiger partial charge is 0.453 e. The van der Waals surface area contributed by atoms with Crippen LogP contribution in [0.3, 0.4) is 0 Å². The lowest BCUT2D eigenvalue weighted by molar-refractivity contribution is -0.135. The fourth-order valence-corrected chi connectivity index (χ4v) is 7.75. The lowest BCUT2D eigenvalue weighted by atomic mass is 10.1. The van der Waals surface area contributed by atoms with Crippen molar-refractivity contribution in [2.45, 2.75) is 49.9 Å². The number of methoxy groups -OCH3 is 2. The lowest BCUT2D eigenvalue weighted by Gasteiger charge is -2.29. The summed E-state index contributed by atoms with van der Waals surface area (Å²) in [5.41, 5.74) is 5.03.